The lowest BCUT2D eigenvalue weighted by molar-refractivity contribution is -0.140. The van der Waals surface area contributed by atoms with Gasteiger partial charge in [0.1, 0.15) is 0 Å². The van der Waals surface area contributed by atoms with Gasteiger partial charge in [0.25, 0.3) is 0 Å². The molecule has 0 bridgehead atoms. The van der Waals surface area contributed by atoms with Crippen LogP contribution in [-0.2, 0) is 5.92 Å². The molecule has 86 valence electrons. The monoisotopic (exact) mass is 253 g/mol. The first-order valence-corrected chi connectivity index (χ1v) is 4.47. The Kier molecular flexibility index (Phi) is 2.49. The van der Waals surface area contributed by atoms with Gasteiger partial charge in [0, 0.05) is 6.20 Å². The van der Waals surface area contributed by atoms with Crippen LogP contribution in [-0.4, -0.2) is 21.4 Å². The van der Waals surface area contributed by atoms with Gasteiger partial charge in [-0.1, -0.05) is 11.6 Å². The number of aromatic amines is 1. The van der Waals surface area contributed by atoms with Crippen molar-refractivity contribution in [3.63, 3.8) is 0 Å². The molecule has 2 aromatic heterocycles. The fourth-order valence-corrected chi connectivity index (χ4v) is 1.29. The molecule has 1 N–H and O–H groups in total. The van der Waals surface area contributed by atoms with Crippen LogP contribution in [0.25, 0.3) is 11.2 Å². The van der Waals surface area contributed by atoms with Crippen molar-refractivity contribution in [1.82, 2.24) is 15.0 Å². The molecule has 0 unspecified atom stereocenters. The number of H-pyrrole nitrogens is 1. The summed E-state index contributed by atoms with van der Waals surface area (Å²) in [6.07, 6.45) is -2.64. The molecule has 16 heavy (non-hydrogen) atoms. The molecule has 0 spiro atoms. The van der Waals surface area contributed by atoms with E-state index in [0.29, 0.717) is 0 Å². The van der Waals surface area contributed by atoms with Crippen molar-refractivity contribution >= 4 is 22.8 Å². The minimum atomic E-state index is -4.33. The second-order valence-electron chi connectivity index (χ2n) is 3.03. The quantitative estimate of drug-likeness (QED) is 0.836. The molecule has 0 atom stereocenters. The van der Waals surface area contributed by atoms with E-state index in [9.17, 15) is 17.6 Å². The van der Waals surface area contributed by atoms with Gasteiger partial charge in [0.15, 0.2) is 11.5 Å². The van der Waals surface area contributed by atoms with Crippen molar-refractivity contribution in [3.05, 3.63) is 23.1 Å². The summed E-state index contributed by atoms with van der Waals surface area (Å²) >= 11 is 5.56. The maximum absolute atomic E-state index is 12.9. The number of imidazole rings is 1. The molecule has 0 radical (unpaired) electrons. The maximum atomic E-state index is 12.9. The number of fused-ring (bicyclic) bond motifs is 1. The zero-order valence-corrected chi connectivity index (χ0v) is 8.27. The molecule has 0 fully saturated rings. The third kappa shape index (κ3) is 1.71. The predicted octanol–water partition coefficient (Wildman–Crippen LogP) is 2.97. The number of pyridine rings is 1. The topological polar surface area (TPSA) is 41.6 Å². The van der Waals surface area contributed by atoms with Gasteiger partial charge in [0.05, 0.1) is 10.5 Å². The minimum Gasteiger partial charge on any atom is -0.335 e. The number of nitrogens with one attached hydrogen (secondary N) is 1. The summed E-state index contributed by atoms with van der Waals surface area (Å²) in [6.45, 7) is 0. The van der Waals surface area contributed by atoms with Gasteiger partial charge in [-0.25, -0.2) is 18.7 Å². The summed E-state index contributed by atoms with van der Waals surface area (Å²) in [6, 6.07) is 1.28. The molecule has 2 aromatic rings. The summed E-state index contributed by atoms with van der Waals surface area (Å²) < 4.78 is 49.9. The van der Waals surface area contributed by atoms with E-state index in [0.717, 1.165) is 0 Å². The van der Waals surface area contributed by atoms with E-state index < -0.39 is 18.2 Å². The van der Waals surface area contributed by atoms with Crippen LogP contribution in [0.5, 0.6) is 0 Å². The van der Waals surface area contributed by atoms with Gasteiger partial charge in [-0.05, 0) is 6.07 Å². The highest BCUT2D eigenvalue weighted by molar-refractivity contribution is 6.30. The van der Waals surface area contributed by atoms with E-state index >= 15 is 0 Å². The Morgan fingerprint density at radius 3 is 2.69 bits per heavy atom. The molecular weight excluding hydrogens is 250 g/mol. The fourth-order valence-electron chi connectivity index (χ4n) is 1.14. The first-order valence-electron chi connectivity index (χ1n) is 4.09. The number of rotatable bonds is 2. The van der Waals surface area contributed by atoms with Crippen LogP contribution in [0, 0.1) is 0 Å². The molecule has 0 aromatic carbocycles. The molecule has 0 aliphatic heterocycles. The minimum absolute atomic E-state index is 0.0836. The van der Waals surface area contributed by atoms with E-state index in [1.165, 1.54) is 12.3 Å². The number of nitrogens with zero attached hydrogens (tertiary/aromatic N) is 2. The van der Waals surface area contributed by atoms with E-state index in [1.807, 2.05) is 0 Å². The van der Waals surface area contributed by atoms with E-state index in [1.54, 1.807) is 0 Å². The van der Waals surface area contributed by atoms with Crippen LogP contribution < -0.4 is 0 Å². The van der Waals surface area contributed by atoms with E-state index in [4.69, 9.17) is 11.6 Å². The van der Waals surface area contributed by atoms with Gasteiger partial charge in [-0.2, -0.15) is 8.78 Å². The van der Waals surface area contributed by atoms with E-state index in [2.05, 4.69) is 15.0 Å². The summed E-state index contributed by atoms with van der Waals surface area (Å²) in [5.41, 5.74) is 0.00236. The largest absolute Gasteiger partial charge is 0.363 e. The number of aromatic nitrogens is 3. The van der Waals surface area contributed by atoms with Crippen LogP contribution in [0.15, 0.2) is 12.3 Å². The van der Waals surface area contributed by atoms with Crippen molar-refractivity contribution in [1.29, 1.82) is 0 Å². The third-order valence-corrected chi connectivity index (χ3v) is 2.10. The van der Waals surface area contributed by atoms with Crippen LogP contribution in [0.3, 0.4) is 0 Å². The zero-order valence-electron chi connectivity index (χ0n) is 7.52. The normalized spacial score (nSPS) is 12.6. The smallest absolute Gasteiger partial charge is 0.335 e. The average Bonchev–Trinajstić information content (AvgIpc) is 2.60. The number of alkyl halides is 4. The summed E-state index contributed by atoms with van der Waals surface area (Å²) in [5.74, 6) is -5.44. The van der Waals surface area contributed by atoms with Crippen molar-refractivity contribution in [2.45, 2.75) is 12.3 Å². The lowest BCUT2D eigenvalue weighted by Gasteiger charge is -2.10. The Hall–Kier alpha value is -1.37. The molecule has 2 rings (SSSR count). The van der Waals surface area contributed by atoms with Crippen LogP contribution in [0.2, 0.25) is 5.02 Å². The molecular formula is C8H4ClF4N3. The highest BCUT2D eigenvalue weighted by Crippen LogP contribution is 2.33. The summed E-state index contributed by atoms with van der Waals surface area (Å²) in [5, 5.41) is 0.197. The van der Waals surface area contributed by atoms with Gasteiger partial charge in [0.2, 0.25) is 0 Å². The fraction of sp³-hybridized carbons (Fsp3) is 0.250. The molecule has 0 saturated heterocycles. The molecule has 0 aliphatic rings. The molecule has 0 amide bonds. The SMILES string of the molecule is FC(F)C(F)(F)c1nc2ncc(Cl)cc2[nH]1. The van der Waals surface area contributed by atoms with Crippen molar-refractivity contribution in [3.8, 4) is 0 Å². The standard InChI is InChI=1S/C8H4ClF4N3/c9-3-1-4-5(14-2-3)16-7(15-4)8(12,13)6(10)11/h1-2,6H,(H,14,15,16). The predicted molar refractivity (Wildman–Crippen MR) is 48.8 cm³/mol. The van der Waals surface area contributed by atoms with Crippen LogP contribution in [0.4, 0.5) is 17.6 Å². The lowest BCUT2D eigenvalue weighted by atomic mass is 10.3. The number of hydrogen-bond acceptors (Lipinski definition) is 2. The second kappa shape index (κ2) is 3.58. The molecule has 8 heteroatoms. The highest BCUT2D eigenvalue weighted by atomic mass is 35.5. The average molecular weight is 254 g/mol. The van der Waals surface area contributed by atoms with Gasteiger partial charge in [-0.15, -0.1) is 0 Å². The Morgan fingerprint density at radius 2 is 2.06 bits per heavy atom. The lowest BCUT2D eigenvalue weighted by Crippen LogP contribution is -2.25. The first-order chi connectivity index (χ1) is 7.41. The van der Waals surface area contributed by atoms with Crippen molar-refractivity contribution < 1.29 is 17.6 Å². The van der Waals surface area contributed by atoms with E-state index in [-0.39, 0.29) is 16.2 Å². The van der Waals surface area contributed by atoms with Crippen LogP contribution in [0.1, 0.15) is 5.82 Å². The van der Waals surface area contributed by atoms with Gasteiger partial charge >= 0.3 is 12.3 Å². The summed E-state index contributed by atoms with van der Waals surface area (Å²) in [4.78, 5) is 8.98. The third-order valence-electron chi connectivity index (χ3n) is 1.89. The Labute approximate surface area is 91.5 Å². The number of halogens is 5. The highest BCUT2D eigenvalue weighted by Gasteiger charge is 2.45. The van der Waals surface area contributed by atoms with Crippen molar-refractivity contribution in [2.75, 3.05) is 0 Å². The maximum Gasteiger partial charge on any atom is 0.363 e. The first kappa shape index (κ1) is 11.1. The van der Waals surface area contributed by atoms with Gasteiger partial charge < -0.3 is 4.98 Å². The Morgan fingerprint density at radius 1 is 1.38 bits per heavy atom. The molecule has 3 nitrogen and oxygen atoms in total. The van der Waals surface area contributed by atoms with Gasteiger partial charge in [-0.3, -0.25) is 0 Å². The summed E-state index contributed by atoms with van der Waals surface area (Å²) in [7, 11) is 0. The molecule has 2 heterocycles. The number of hydrogen-bond donors (Lipinski definition) is 1. The van der Waals surface area contributed by atoms with Crippen LogP contribution >= 0.6 is 11.6 Å². The molecule has 0 aliphatic carbocycles. The second-order valence-corrected chi connectivity index (χ2v) is 3.47. The Bertz CT molecular complexity index is 525. The molecule has 0 saturated carbocycles. The Balaban J connectivity index is 2.55. The zero-order chi connectivity index (χ0) is 11.9. The van der Waals surface area contributed by atoms with Crippen molar-refractivity contribution in [2.24, 2.45) is 0 Å².